The lowest BCUT2D eigenvalue weighted by molar-refractivity contribution is 0.102. The number of ether oxygens (including phenoxy) is 3. The Bertz CT molecular complexity index is 612. The zero-order valence-electron chi connectivity index (χ0n) is 12.3. The zero-order valence-corrected chi connectivity index (χ0v) is 13.8. The van der Waals surface area contributed by atoms with Gasteiger partial charge in [0.2, 0.25) is 0 Å². The lowest BCUT2D eigenvalue weighted by atomic mass is 10.1. The molecule has 5 heteroatoms. The van der Waals surface area contributed by atoms with Gasteiger partial charge in [-0.25, -0.2) is 0 Å². The molecule has 0 N–H and O–H groups in total. The van der Waals surface area contributed by atoms with Crippen LogP contribution in [0.3, 0.4) is 0 Å². The minimum atomic E-state index is 0.124. The largest absolute Gasteiger partial charge is 0.376 e. The predicted molar refractivity (Wildman–Crippen MR) is 89.0 cm³/mol. The van der Waals surface area contributed by atoms with Crippen LogP contribution in [0.1, 0.15) is 23.3 Å². The van der Waals surface area contributed by atoms with Gasteiger partial charge < -0.3 is 14.2 Å². The van der Waals surface area contributed by atoms with E-state index in [1.165, 1.54) is 0 Å². The van der Waals surface area contributed by atoms with Crippen molar-refractivity contribution in [3.05, 3.63) is 69.7 Å². The van der Waals surface area contributed by atoms with Crippen molar-refractivity contribution < 1.29 is 14.2 Å². The molecule has 0 radical (unpaired) electrons. The van der Waals surface area contributed by atoms with E-state index >= 15 is 0 Å². The van der Waals surface area contributed by atoms with Gasteiger partial charge in [-0.2, -0.15) is 0 Å². The molecule has 2 aliphatic heterocycles. The molecule has 0 spiro atoms. The van der Waals surface area contributed by atoms with E-state index in [0.717, 1.165) is 21.2 Å². The van der Waals surface area contributed by atoms with Crippen LogP contribution in [0, 0.1) is 0 Å². The molecule has 4 rings (SSSR count). The molecule has 4 unspecified atom stereocenters. The fraction of sp³-hybridized carbons (Fsp3) is 0.333. The van der Waals surface area contributed by atoms with Gasteiger partial charge in [0.05, 0.1) is 13.2 Å². The molecule has 3 nitrogen and oxygen atoms in total. The van der Waals surface area contributed by atoms with Crippen molar-refractivity contribution in [1.29, 1.82) is 0 Å². The first-order valence-electron chi connectivity index (χ1n) is 7.60. The minimum absolute atomic E-state index is 0.124. The van der Waals surface area contributed by atoms with Gasteiger partial charge in [0, 0.05) is 10.0 Å². The van der Waals surface area contributed by atoms with Crippen molar-refractivity contribution in [3.8, 4) is 0 Å². The molecule has 2 aliphatic rings. The SMILES string of the molecule is Clc1ccc(C2OC2COCC2OC2c2ccc(Cl)cc2)cc1. The van der Waals surface area contributed by atoms with E-state index in [1.807, 2.05) is 48.5 Å². The van der Waals surface area contributed by atoms with Gasteiger partial charge >= 0.3 is 0 Å². The molecule has 2 saturated heterocycles. The summed E-state index contributed by atoms with van der Waals surface area (Å²) in [6.45, 7) is 1.17. The van der Waals surface area contributed by atoms with Crippen molar-refractivity contribution in [1.82, 2.24) is 0 Å². The average Bonchev–Trinajstić information content (AvgIpc) is 3.45. The molecule has 0 aliphatic carbocycles. The Morgan fingerprint density at radius 2 is 1.09 bits per heavy atom. The van der Waals surface area contributed by atoms with Crippen LogP contribution in [-0.2, 0) is 14.2 Å². The Balaban J connectivity index is 1.19. The highest BCUT2D eigenvalue weighted by Crippen LogP contribution is 2.41. The van der Waals surface area contributed by atoms with E-state index in [2.05, 4.69) is 0 Å². The number of benzene rings is 2. The Morgan fingerprint density at radius 3 is 1.48 bits per heavy atom. The van der Waals surface area contributed by atoms with E-state index in [1.54, 1.807) is 0 Å². The molecule has 4 atom stereocenters. The van der Waals surface area contributed by atoms with Gasteiger partial charge in [-0.05, 0) is 35.4 Å². The Morgan fingerprint density at radius 1 is 0.696 bits per heavy atom. The lowest BCUT2D eigenvalue weighted by Crippen LogP contribution is -2.08. The van der Waals surface area contributed by atoms with Crippen molar-refractivity contribution in [2.75, 3.05) is 13.2 Å². The lowest BCUT2D eigenvalue weighted by Gasteiger charge is -2.00. The quantitative estimate of drug-likeness (QED) is 0.714. The molecule has 2 heterocycles. The number of rotatable bonds is 6. The third kappa shape index (κ3) is 3.70. The molecular weight excluding hydrogens is 335 g/mol. The number of hydrogen-bond donors (Lipinski definition) is 0. The Kier molecular flexibility index (Phi) is 4.31. The molecule has 0 saturated carbocycles. The first kappa shape index (κ1) is 15.4. The van der Waals surface area contributed by atoms with Gasteiger partial charge in [-0.15, -0.1) is 0 Å². The van der Waals surface area contributed by atoms with E-state index in [4.69, 9.17) is 37.4 Å². The van der Waals surface area contributed by atoms with E-state index in [0.29, 0.717) is 13.2 Å². The van der Waals surface area contributed by atoms with E-state index < -0.39 is 0 Å². The predicted octanol–water partition coefficient (Wildman–Crippen LogP) is 4.59. The fourth-order valence-electron chi connectivity index (χ4n) is 2.73. The highest BCUT2D eigenvalue weighted by Gasteiger charge is 2.43. The third-order valence-electron chi connectivity index (χ3n) is 4.13. The first-order chi connectivity index (χ1) is 11.2. The van der Waals surface area contributed by atoms with Crippen LogP contribution < -0.4 is 0 Å². The molecule has 23 heavy (non-hydrogen) atoms. The normalized spacial score (nSPS) is 28.6. The maximum absolute atomic E-state index is 5.88. The third-order valence-corrected chi connectivity index (χ3v) is 4.63. The van der Waals surface area contributed by atoms with Crippen LogP contribution in [0.4, 0.5) is 0 Å². The monoisotopic (exact) mass is 350 g/mol. The molecule has 0 bridgehead atoms. The summed E-state index contributed by atoms with van der Waals surface area (Å²) in [6, 6.07) is 15.5. The highest BCUT2D eigenvalue weighted by atomic mass is 35.5. The first-order valence-corrected chi connectivity index (χ1v) is 8.36. The summed E-state index contributed by atoms with van der Waals surface area (Å²) in [7, 11) is 0. The maximum Gasteiger partial charge on any atom is 0.112 e. The topological polar surface area (TPSA) is 34.3 Å². The molecular formula is C18H16Cl2O3. The molecule has 2 aromatic rings. The van der Waals surface area contributed by atoms with Crippen molar-refractivity contribution in [2.24, 2.45) is 0 Å². The summed E-state index contributed by atoms with van der Waals surface area (Å²) in [5, 5.41) is 1.47. The van der Waals surface area contributed by atoms with Crippen LogP contribution in [0.5, 0.6) is 0 Å². The second-order valence-electron chi connectivity index (χ2n) is 5.83. The molecule has 2 fully saturated rings. The molecule has 120 valence electrons. The van der Waals surface area contributed by atoms with Gasteiger partial charge in [-0.3, -0.25) is 0 Å². The van der Waals surface area contributed by atoms with Crippen molar-refractivity contribution in [3.63, 3.8) is 0 Å². The van der Waals surface area contributed by atoms with Crippen LogP contribution in [-0.4, -0.2) is 25.4 Å². The summed E-state index contributed by atoms with van der Waals surface area (Å²) in [4.78, 5) is 0. The molecule has 2 aromatic carbocycles. The van der Waals surface area contributed by atoms with Gasteiger partial charge in [0.1, 0.15) is 24.4 Å². The summed E-state index contributed by atoms with van der Waals surface area (Å²) in [5.41, 5.74) is 2.29. The standard InChI is InChI=1S/C18H16Cl2O3/c19-13-5-1-11(2-6-13)17-15(22-17)9-21-10-16-18(23-16)12-3-7-14(20)8-4-12/h1-8,15-18H,9-10H2. The smallest absolute Gasteiger partial charge is 0.112 e. The Labute approximate surface area is 145 Å². The summed E-state index contributed by atoms with van der Waals surface area (Å²) in [5.74, 6) is 0. The van der Waals surface area contributed by atoms with E-state index in [9.17, 15) is 0 Å². The number of halogens is 2. The number of epoxide rings is 2. The second kappa shape index (κ2) is 6.42. The minimum Gasteiger partial charge on any atom is -0.376 e. The number of hydrogen-bond acceptors (Lipinski definition) is 3. The maximum atomic E-state index is 5.88. The molecule has 0 amide bonds. The van der Waals surface area contributed by atoms with Crippen LogP contribution in [0.2, 0.25) is 10.0 Å². The summed E-state index contributed by atoms with van der Waals surface area (Å²) in [6.07, 6.45) is 0.506. The van der Waals surface area contributed by atoms with Crippen molar-refractivity contribution >= 4 is 23.2 Å². The average molecular weight is 351 g/mol. The summed E-state index contributed by atoms with van der Waals surface area (Å²) < 4.78 is 17.0. The Hall–Kier alpha value is -1.10. The fourth-order valence-corrected chi connectivity index (χ4v) is 2.98. The van der Waals surface area contributed by atoms with Crippen LogP contribution >= 0.6 is 23.2 Å². The van der Waals surface area contributed by atoms with Gasteiger partial charge in [0.25, 0.3) is 0 Å². The summed E-state index contributed by atoms with van der Waals surface area (Å²) >= 11 is 11.8. The molecule has 0 aromatic heterocycles. The van der Waals surface area contributed by atoms with Crippen LogP contribution in [0.25, 0.3) is 0 Å². The van der Waals surface area contributed by atoms with Gasteiger partial charge in [-0.1, -0.05) is 47.5 Å². The second-order valence-corrected chi connectivity index (χ2v) is 6.70. The van der Waals surface area contributed by atoms with E-state index in [-0.39, 0.29) is 24.4 Å². The highest BCUT2D eigenvalue weighted by molar-refractivity contribution is 6.30. The van der Waals surface area contributed by atoms with Crippen LogP contribution in [0.15, 0.2) is 48.5 Å². The van der Waals surface area contributed by atoms with Gasteiger partial charge in [0.15, 0.2) is 0 Å². The zero-order chi connectivity index (χ0) is 15.8. The van der Waals surface area contributed by atoms with Crippen molar-refractivity contribution in [2.45, 2.75) is 24.4 Å².